The number of urea groups is 1. The number of nitrogens with one attached hydrogen (secondary N) is 2. The number of aromatic nitrogens is 4. The van der Waals surface area contributed by atoms with E-state index in [0.717, 1.165) is 5.56 Å². The number of nitrogens with zero attached hydrogens (tertiary/aromatic N) is 4. The number of aromatic carboxylic acids is 1. The van der Waals surface area contributed by atoms with Crippen LogP contribution < -0.4 is 10.6 Å². The molecular weight excluding hydrogens is 556 g/mol. The van der Waals surface area contributed by atoms with Gasteiger partial charge in [-0.15, -0.1) is 0 Å². The van der Waals surface area contributed by atoms with Gasteiger partial charge in [-0.3, -0.25) is 9.88 Å². The number of rotatable bonds is 10. The maximum absolute atomic E-state index is 12.1. The summed E-state index contributed by atoms with van der Waals surface area (Å²) >= 11 is 0. The lowest BCUT2D eigenvalue weighted by Gasteiger charge is -2.20. The van der Waals surface area contributed by atoms with Crippen LogP contribution in [0.1, 0.15) is 34.6 Å². The van der Waals surface area contributed by atoms with Crippen LogP contribution in [-0.4, -0.2) is 74.4 Å². The number of benzene rings is 2. The number of hydrogen-bond donors (Lipinski definition) is 3. The average Bonchev–Trinajstić information content (AvgIpc) is 3.72. The standard InChI is InChI=1S/C30H30N6O7/c1-2-31-30(39)35-26-23-27(33-16-32-26)36(17-34-23)28-25-24(42-22(43-25)13-12-18-8-4-3-5-9-18)21(41-28)15-40-14-19-10-6-7-11-20(19)29(37)38/h3-13,16-17,21-22,24-25,28H,2,14-15H2,1H3,(H,37,38)(H2,31,32,33,35,39)/b13-12+/t21-,22+,24-,25-,28-/m1/s1. The van der Waals surface area contributed by atoms with Crippen LogP contribution in [0.4, 0.5) is 10.6 Å². The molecule has 2 fully saturated rings. The molecule has 2 aromatic carbocycles. The molecule has 5 atom stereocenters. The van der Waals surface area contributed by atoms with Crippen molar-refractivity contribution in [2.75, 3.05) is 18.5 Å². The van der Waals surface area contributed by atoms with Gasteiger partial charge in [0.25, 0.3) is 0 Å². The van der Waals surface area contributed by atoms with Gasteiger partial charge in [0.2, 0.25) is 0 Å². The third-order valence-corrected chi connectivity index (χ3v) is 7.10. The van der Waals surface area contributed by atoms with Crippen molar-refractivity contribution in [1.29, 1.82) is 0 Å². The van der Waals surface area contributed by atoms with E-state index in [2.05, 4.69) is 25.6 Å². The van der Waals surface area contributed by atoms with Gasteiger partial charge in [-0.05, 0) is 30.2 Å². The Morgan fingerprint density at radius 1 is 1.02 bits per heavy atom. The average molecular weight is 587 g/mol. The molecule has 222 valence electrons. The molecule has 4 aromatic rings. The third kappa shape index (κ3) is 6.10. The van der Waals surface area contributed by atoms with Crippen molar-refractivity contribution in [3.05, 3.63) is 90.0 Å². The number of carboxylic acids is 1. The number of ether oxygens (including phenoxy) is 4. The third-order valence-electron chi connectivity index (χ3n) is 7.10. The predicted octanol–water partition coefficient (Wildman–Crippen LogP) is 3.60. The Morgan fingerprint density at radius 3 is 2.63 bits per heavy atom. The van der Waals surface area contributed by atoms with Crippen LogP contribution in [0.2, 0.25) is 0 Å². The van der Waals surface area contributed by atoms with Crippen LogP contribution in [0.25, 0.3) is 17.2 Å². The second-order valence-corrected chi connectivity index (χ2v) is 9.91. The van der Waals surface area contributed by atoms with Gasteiger partial charge >= 0.3 is 12.0 Å². The lowest BCUT2D eigenvalue weighted by atomic mass is 10.1. The quantitative estimate of drug-likeness (QED) is 0.251. The van der Waals surface area contributed by atoms with Gasteiger partial charge in [0.05, 0.1) is 25.1 Å². The summed E-state index contributed by atoms with van der Waals surface area (Å²) in [6.07, 6.45) is 3.75. The van der Waals surface area contributed by atoms with Crippen molar-refractivity contribution >= 4 is 35.1 Å². The van der Waals surface area contributed by atoms with Crippen LogP contribution in [0.3, 0.4) is 0 Å². The molecule has 2 saturated heterocycles. The molecule has 0 saturated carbocycles. The van der Waals surface area contributed by atoms with E-state index in [0.29, 0.717) is 23.3 Å². The van der Waals surface area contributed by atoms with E-state index < -0.39 is 42.8 Å². The summed E-state index contributed by atoms with van der Waals surface area (Å²) < 4.78 is 26.7. The van der Waals surface area contributed by atoms with E-state index >= 15 is 0 Å². The molecule has 13 heteroatoms. The van der Waals surface area contributed by atoms with Gasteiger partial charge in [-0.1, -0.05) is 54.6 Å². The van der Waals surface area contributed by atoms with Crippen LogP contribution in [0.15, 0.2) is 73.3 Å². The Bertz CT molecular complexity index is 1630. The number of amides is 2. The van der Waals surface area contributed by atoms with Gasteiger partial charge in [0, 0.05) is 6.54 Å². The first-order chi connectivity index (χ1) is 21.0. The van der Waals surface area contributed by atoms with Gasteiger partial charge in [-0.2, -0.15) is 0 Å². The van der Waals surface area contributed by atoms with E-state index in [1.807, 2.05) is 49.4 Å². The first-order valence-electron chi connectivity index (χ1n) is 13.8. The second-order valence-electron chi connectivity index (χ2n) is 9.91. The van der Waals surface area contributed by atoms with E-state index in [1.54, 1.807) is 29.1 Å². The fourth-order valence-electron chi connectivity index (χ4n) is 5.14. The number of carbonyl (C=O) groups excluding carboxylic acids is 1. The second kappa shape index (κ2) is 12.7. The number of hydrogen-bond acceptors (Lipinski definition) is 9. The van der Waals surface area contributed by atoms with E-state index in [-0.39, 0.29) is 24.6 Å². The monoisotopic (exact) mass is 586 g/mol. The summed E-state index contributed by atoms with van der Waals surface area (Å²) in [4.78, 5) is 36.8. The van der Waals surface area contributed by atoms with Crippen LogP contribution >= 0.6 is 0 Å². The van der Waals surface area contributed by atoms with E-state index in [4.69, 9.17) is 18.9 Å². The summed E-state index contributed by atoms with van der Waals surface area (Å²) in [5.41, 5.74) is 2.56. The van der Waals surface area contributed by atoms with Crippen molar-refractivity contribution in [3.63, 3.8) is 0 Å². The highest BCUT2D eigenvalue weighted by Crippen LogP contribution is 2.41. The Labute approximate surface area is 246 Å². The minimum Gasteiger partial charge on any atom is -0.478 e. The van der Waals surface area contributed by atoms with Gasteiger partial charge in [0.1, 0.15) is 24.6 Å². The maximum Gasteiger partial charge on any atom is 0.336 e. The Morgan fingerprint density at radius 2 is 1.81 bits per heavy atom. The number of imidazole rings is 1. The van der Waals surface area contributed by atoms with Crippen molar-refractivity contribution in [2.45, 2.75) is 44.4 Å². The zero-order valence-corrected chi connectivity index (χ0v) is 23.2. The van der Waals surface area contributed by atoms with Crippen molar-refractivity contribution in [2.24, 2.45) is 0 Å². The minimum atomic E-state index is -1.02. The number of fused-ring (bicyclic) bond motifs is 2. The molecule has 0 unspecified atom stereocenters. The molecule has 2 aliphatic rings. The van der Waals surface area contributed by atoms with Crippen molar-refractivity contribution in [3.8, 4) is 0 Å². The van der Waals surface area contributed by atoms with Crippen molar-refractivity contribution < 1.29 is 33.6 Å². The highest BCUT2D eigenvalue weighted by molar-refractivity contribution is 5.95. The molecule has 2 aromatic heterocycles. The fourth-order valence-corrected chi connectivity index (χ4v) is 5.14. The maximum atomic E-state index is 12.1. The fraction of sp³-hybridized carbons (Fsp3) is 0.300. The first-order valence-corrected chi connectivity index (χ1v) is 13.8. The first kappa shape index (κ1) is 28.4. The normalized spacial score (nSPS) is 23.0. The zero-order chi connectivity index (χ0) is 29.8. The molecule has 2 amide bonds. The van der Waals surface area contributed by atoms with Gasteiger partial charge in [0.15, 0.2) is 29.5 Å². The number of anilines is 1. The molecule has 43 heavy (non-hydrogen) atoms. The molecule has 2 aliphatic heterocycles. The SMILES string of the molecule is CCNC(=O)Nc1ncnc2c1ncn2[C@@H]1O[C@H](COCc2ccccc2C(=O)O)[C@H]2O[C@H](/C=C/c3ccccc3)O[C@H]21. The Kier molecular flexibility index (Phi) is 8.38. The molecule has 3 N–H and O–H groups in total. The van der Waals surface area contributed by atoms with Crippen molar-refractivity contribution in [1.82, 2.24) is 24.8 Å². The molecule has 0 spiro atoms. The molecule has 6 rings (SSSR count). The van der Waals surface area contributed by atoms with Crippen LogP contribution in [-0.2, 0) is 25.6 Å². The molecule has 0 aliphatic carbocycles. The summed E-state index contributed by atoms with van der Waals surface area (Å²) in [6.45, 7) is 2.47. The molecule has 0 radical (unpaired) electrons. The predicted molar refractivity (Wildman–Crippen MR) is 154 cm³/mol. The van der Waals surface area contributed by atoms with Crippen LogP contribution in [0, 0.1) is 0 Å². The van der Waals surface area contributed by atoms with Crippen LogP contribution in [0.5, 0.6) is 0 Å². The summed E-state index contributed by atoms with van der Waals surface area (Å²) in [6, 6.07) is 16.1. The number of carboxylic acid groups (broad SMARTS) is 1. The highest BCUT2D eigenvalue weighted by Gasteiger charge is 2.53. The summed E-state index contributed by atoms with van der Waals surface area (Å²) in [5.74, 6) is -0.763. The molecule has 4 heterocycles. The lowest BCUT2D eigenvalue weighted by molar-refractivity contribution is -0.139. The summed E-state index contributed by atoms with van der Waals surface area (Å²) in [5, 5.41) is 14.9. The summed E-state index contributed by atoms with van der Waals surface area (Å²) in [7, 11) is 0. The zero-order valence-electron chi connectivity index (χ0n) is 23.2. The molecule has 13 nitrogen and oxygen atoms in total. The smallest absolute Gasteiger partial charge is 0.336 e. The largest absolute Gasteiger partial charge is 0.478 e. The molecular formula is C30H30N6O7. The minimum absolute atomic E-state index is 0.0820. The molecule has 0 bridgehead atoms. The lowest BCUT2D eigenvalue weighted by Crippen LogP contribution is -2.32. The number of carbonyl (C=O) groups is 2. The van der Waals surface area contributed by atoms with E-state index in [9.17, 15) is 14.7 Å². The van der Waals surface area contributed by atoms with E-state index in [1.165, 1.54) is 12.4 Å². The van der Waals surface area contributed by atoms with Gasteiger partial charge < -0.3 is 29.4 Å². The Balaban J connectivity index is 1.24. The van der Waals surface area contributed by atoms with Gasteiger partial charge in [-0.25, -0.2) is 24.5 Å². The topological polar surface area (TPSA) is 159 Å². The highest BCUT2D eigenvalue weighted by atomic mass is 16.8. The Hall–Kier alpha value is -4.69.